The van der Waals surface area contributed by atoms with Crippen LogP contribution in [0, 0.1) is 18.7 Å². The summed E-state index contributed by atoms with van der Waals surface area (Å²) in [6.45, 7) is 5.25. The Morgan fingerprint density at radius 1 is 1.33 bits per heavy atom. The summed E-state index contributed by atoms with van der Waals surface area (Å²) in [7, 11) is 0. The Morgan fingerprint density at radius 3 is 2.89 bits per heavy atom. The average Bonchev–Trinajstić information content (AvgIpc) is 3.15. The Hall–Kier alpha value is -1.09. The molecule has 1 heterocycles. The predicted molar refractivity (Wildman–Crippen MR) is 72.5 cm³/mol. The fourth-order valence-electron chi connectivity index (χ4n) is 2.96. The summed E-state index contributed by atoms with van der Waals surface area (Å²) in [5.74, 6) is 0.731. The third-order valence-electron chi connectivity index (χ3n) is 4.12. The van der Waals surface area contributed by atoms with Crippen molar-refractivity contribution in [1.29, 1.82) is 0 Å². The lowest BCUT2D eigenvalue weighted by Gasteiger charge is -2.28. The molecule has 1 atom stereocenters. The highest BCUT2D eigenvalue weighted by atomic mass is 19.1. The molecule has 0 amide bonds. The second-order valence-corrected chi connectivity index (χ2v) is 5.63. The molecule has 3 heteroatoms. The Morgan fingerprint density at radius 2 is 2.17 bits per heavy atom. The molecule has 1 aromatic carbocycles. The zero-order chi connectivity index (χ0) is 12.5. The topological polar surface area (TPSA) is 15.3 Å². The minimum Gasteiger partial charge on any atom is -0.370 e. The Labute approximate surface area is 108 Å². The van der Waals surface area contributed by atoms with Crippen molar-refractivity contribution in [2.45, 2.75) is 32.2 Å². The number of hydrogen-bond acceptors (Lipinski definition) is 2. The van der Waals surface area contributed by atoms with Crippen LogP contribution in [-0.4, -0.2) is 25.7 Å². The highest BCUT2D eigenvalue weighted by Gasteiger charge is 2.33. The van der Waals surface area contributed by atoms with Crippen LogP contribution in [-0.2, 0) is 0 Å². The van der Waals surface area contributed by atoms with Crippen molar-refractivity contribution < 1.29 is 4.39 Å². The maximum atomic E-state index is 13.2. The van der Waals surface area contributed by atoms with Crippen molar-refractivity contribution in [3.05, 3.63) is 29.6 Å². The number of anilines is 1. The van der Waals surface area contributed by atoms with E-state index in [9.17, 15) is 4.39 Å². The first-order chi connectivity index (χ1) is 8.74. The molecule has 3 rings (SSSR count). The molecule has 18 heavy (non-hydrogen) atoms. The van der Waals surface area contributed by atoms with Crippen LogP contribution in [0.5, 0.6) is 0 Å². The van der Waals surface area contributed by atoms with E-state index in [0.717, 1.165) is 31.1 Å². The maximum Gasteiger partial charge on any atom is 0.123 e. The van der Waals surface area contributed by atoms with Crippen LogP contribution in [0.15, 0.2) is 18.2 Å². The molecule has 2 fully saturated rings. The molecule has 98 valence electrons. The zero-order valence-corrected chi connectivity index (χ0v) is 11.0. The molecule has 1 saturated carbocycles. The number of hydrogen-bond donors (Lipinski definition) is 1. The minimum atomic E-state index is -0.136. The van der Waals surface area contributed by atoms with Crippen molar-refractivity contribution in [3.63, 3.8) is 0 Å². The van der Waals surface area contributed by atoms with Gasteiger partial charge in [0.25, 0.3) is 0 Å². The van der Waals surface area contributed by atoms with Gasteiger partial charge in [-0.1, -0.05) is 0 Å². The zero-order valence-electron chi connectivity index (χ0n) is 11.0. The molecule has 1 saturated heterocycles. The summed E-state index contributed by atoms with van der Waals surface area (Å²) in [4.78, 5) is 2.43. The summed E-state index contributed by atoms with van der Waals surface area (Å²) in [6, 6.07) is 5.77. The lowest BCUT2D eigenvalue weighted by molar-refractivity contribution is 0.490. The van der Waals surface area contributed by atoms with Crippen LogP contribution in [0.4, 0.5) is 10.1 Å². The minimum absolute atomic E-state index is 0.136. The van der Waals surface area contributed by atoms with Crippen LogP contribution in [0.3, 0.4) is 0 Å². The van der Waals surface area contributed by atoms with Gasteiger partial charge in [0.15, 0.2) is 0 Å². The summed E-state index contributed by atoms with van der Waals surface area (Å²) >= 11 is 0. The fourth-order valence-corrected chi connectivity index (χ4v) is 2.96. The van der Waals surface area contributed by atoms with Gasteiger partial charge in [-0.05, 0) is 62.4 Å². The lowest BCUT2D eigenvalue weighted by atomic mass is 10.1. The first-order valence-corrected chi connectivity index (χ1v) is 6.98. The first kappa shape index (κ1) is 12.0. The molecule has 1 aliphatic heterocycles. The molecule has 0 spiro atoms. The number of nitrogens with zero attached hydrogens (tertiary/aromatic N) is 1. The van der Waals surface area contributed by atoms with Crippen molar-refractivity contribution in [3.8, 4) is 0 Å². The summed E-state index contributed by atoms with van der Waals surface area (Å²) in [5, 5.41) is 3.66. The van der Waals surface area contributed by atoms with Crippen LogP contribution < -0.4 is 10.2 Å². The van der Waals surface area contributed by atoms with E-state index in [0.29, 0.717) is 6.04 Å². The van der Waals surface area contributed by atoms with E-state index in [-0.39, 0.29) is 5.82 Å². The molecular formula is C15H21FN2. The largest absolute Gasteiger partial charge is 0.370 e. The lowest BCUT2D eigenvalue weighted by Crippen LogP contribution is -2.39. The van der Waals surface area contributed by atoms with Crippen LogP contribution >= 0.6 is 0 Å². The smallest absolute Gasteiger partial charge is 0.123 e. The van der Waals surface area contributed by atoms with E-state index in [1.807, 2.05) is 13.0 Å². The molecule has 1 aliphatic carbocycles. The predicted octanol–water partition coefficient (Wildman–Crippen LogP) is 2.71. The molecule has 1 N–H and O–H groups in total. The average molecular weight is 248 g/mol. The fraction of sp³-hybridized carbons (Fsp3) is 0.600. The second-order valence-electron chi connectivity index (χ2n) is 5.63. The Kier molecular flexibility index (Phi) is 3.25. The second kappa shape index (κ2) is 4.88. The summed E-state index contributed by atoms with van der Waals surface area (Å²) in [6.07, 6.45) is 3.90. The van der Waals surface area contributed by atoms with E-state index in [4.69, 9.17) is 0 Å². The quantitative estimate of drug-likeness (QED) is 0.865. The molecule has 0 radical (unpaired) electrons. The van der Waals surface area contributed by atoms with E-state index in [2.05, 4.69) is 10.2 Å². The molecular weight excluding hydrogens is 227 g/mol. The molecule has 2 nitrogen and oxygen atoms in total. The van der Waals surface area contributed by atoms with Gasteiger partial charge in [-0.3, -0.25) is 0 Å². The van der Waals surface area contributed by atoms with Crippen LogP contribution in [0.25, 0.3) is 0 Å². The number of nitrogens with one attached hydrogen (secondary N) is 1. The standard InChI is InChI=1S/C15H21FN2/c1-11-9-13(16)5-6-15(11)18-8-2-7-17-14(10-18)12-3-4-12/h5-6,9,12,14,17H,2-4,7-8,10H2,1H3. The van der Waals surface area contributed by atoms with Crippen molar-refractivity contribution in [1.82, 2.24) is 5.32 Å². The third-order valence-corrected chi connectivity index (χ3v) is 4.12. The summed E-state index contributed by atoms with van der Waals surface area (Å²) in [5.41, 5.74) is 2.25. The normalized spacial score (nSPS) is 25.0. The van der Waals surface area contributed by atoms with E-state index in [1.165, 1.54) is 24.9 Å². The van der Waals surface area contributed by atoms with Crippen LogP contribution in [0.1, 0.15) is 24.8 Å². The van der Waals surface area contributed by atoms with Gasteiger partial charge in [-0.25, -0.2) is 4.39 Å². The molecule has 1 aromatic rings. The van der Waals surface area contributed by atoms with Gasteiger partial charge in [-0.15, -0.1) is 0 Å². The van der Waals surface area contributed by atoms with Gasteiger partial charge in [-0.2, -0.15) is 0 Å². The SMILES string of the molecule is Cc1cc(F)ccc1N1CCCNC(C2CC2)C1. The van der Waals surface area contributed by atoms with Crippen molar-refractivity contribution in [2.75, 3.05) is 24.5 Å². The highest BCUT2D eigenvalue weighted by molar-refractivity contribution is 5.53. The van der Waals surface area contributed by atoms with Crippen LogP contribution in [0.2, 0.25) is 0 Å². The van der Waals surface area contributed by atoms with E-state index in [1.54, 1.807) is 12.1 Å². The van der Waals surface area contributed by atoms with Gasteiger partial charge >= 0.3 is 0 Å². The van der Waals surface area contributed by atoms with Crippen molar-refractivity contribution in [2.24, 2.45) is 5.92 Å². The maximum absolute atomic E-state index is 13.2. The number of benzene rings is 1. The van der Waals surface area contributed by atoms with E-state index >= 15 is 0 Å². The van der Waals surface area contributed by atoms with E-state index < -0.39 is 0 Å². The van der Waals surface area contributed by atoms with Gasteiger partial charge in [0, 0.05) is 24.8 Å². The highest BCUT2D eigenvalue weighted by Crippen LogP contribution is 2.34. The monoisotopic (exact) mass is 248 g/mol. The first-order valence-electron chi connectivity index (χ1n) is 6.98. The number of aryl methyl sites for hydroxylation is 1. The van der Waals surface area contributed by atoms with Gasteiger partial charge in [0.05, 0.1) is 0 Å². The van der Waals surface area contributed by atoms with Gasteiger partial charge in [0.2, 0.25) is 0 Å². The third kappa shape index (κ3) is 2.51. The molecule has 0 aromatic heterocycles. The molecule has 0 bridgehead atoms. The summed E-state index contributed by atoms with van der Waals surface area (Å²) < 4.78 is 13.2. The molecule has 2 aliphatic rings. The Bertz CT molecular complexity index is 429. The van der Waals surface area contributed by atoms with Gasteiger partial charge < -0.3 is 10.2 Å². The van der Waals surface area contributed by atoms with Gasteiger partial charge in [0.1, 0.15) is 5.82 Å². The number of rotatable bonds is 2. The molecule has 1 unspecified atom stereocenters. The Balaban J connectivity index is 1.80. The number of halogens is 1. The van der Waals surface area contributed by atoms with Crippen molar-refractivity contribution >= 4 is 5.69 Å².